The lowest BCUT2D eigenvalue weighted by Gasteiger charge is -2.47. The van der Waals surface area contributed by atoms with Gasteiger partial charge in [-0.1, -0.05) is 0 Å². The highest BCUT2D eigenvalue weighted by atomic mass is 16.9. The van der Waals surface area contributed by atoms with E-state index in [0.29, 0.717) is 0 Å². The van der Waals surface area contributed by atoms with Gasteiger partial charge in [0.1, 0.15) is 61.0 Å². The summed E-state index contributed by atoms with van der Waals surface area (Å²) < 4.78 is 28.3. The van der Waals surface area contributed by atoms with Crippen LogP contribution in [0.25, 0.3) is 0 Å². The predicted octanol–water partition coefficient (Wildman–Crippen LogP) is -8.56. The van der Waals surface area contributed by atoms with Crippen LogP contribution in [-0.2, 0) is 23.7 Å². The Morgan fingerprint density at radius 2 is 1.33 bits per heavy atom. The topological polar surface area (TPSA) is 306 Å². The van der Waals surface area contributed by atoms with Crippen LogP contribution < -0.4 is 17.2 Å². The Kier molecular flexibility index (Phi) is 8.24. The molecule has 36 heavy (non-hydrogen) atoms. The van der Waals surface area contributed by atoms with Gasteiger partial charge in [0, 0.05) is 0 Å². The SMILES string of the molecule is N[C@@H]1C(O)[C@H](N)[C@@H](O)C(O[C@@H]2O[C@H](CO)[C@H](O)[C@@H]3OC4(O[C@H]23)O[C@H]([C@@H](N)CO)[C@H](O)[C@H](O)[C@H]4O)[C@H]1O. The van der Waals surface area contributed by atoms with Gasteiger partial charge >= 0.3 is 5.97 Å². The molecule has 17 nitrogen and oxygen atoms in total. The third-order valence-electron chi connectivity index (χ3n) is 7.25. The molecule has 0 amide bonds. The molecule has 3 aliphatic heterocycles. The zero-order valence-electron chi connectivity index (χ0n) is 19.0. The van der Waals surface area contributed by atoms with Crippen molar-refractivity contribution < 1.29 is 69.6 Å². The highest BCUT2D eigenvalue weighted by Crippen LogP contribution is 2.45. The summed E-state index contributed by atoms with van der Waals surface area (Å²) >= 11 is 0. The van der Waals surface area contributed by atoms with Crippen molar-refractivity contribution in [1.82, 2.24) is 0 Å². The van der Waals surface area contributed by atoms with Crippen LogP contribution in [0.5, 0.6) is 0 Å². The molecular weight excluding hydrogens is 494 g/mol. The normalized spacial score (nSPS) is 56.5. The second-order valence-corrected chi connectivity index (χ2v) is 9.57. The van der Waals surface area contributed by atoms with E-state index >= 15 is 0 Å². The van der Waals surface area contributed by atoms with E-state index in [2.05, 4.69) is 0 Å². The van der Waals surface area contributed by atoms with E-state index in [1.54, 1.807) is 0 Å². The summed E-state index contributed by atoms with van der Waals surface area (Å²) in [4.78, 5) is 0. The van der Waals surface area contributed by atoms with E-state index in [1.165, 1.54) is 0 Å². The van der Waals surface area contributed by atoms with Crippen LogP contribution in [0.2, 0.25) is 0 Å². The molecule has 0 bridgehead atoms. The number of hydrogen-bond acceptors (Lipinski definition) is 17. The first-order valence-electron chi connectivity index (χ1n) is 11.5. The Bertz CT molecular complexity index is 755. The average molecular weight is 529 g/mol. The number of ether oxygens (including phenoxy) is 5. The molecule has 0 aromatic rings. The van der Waals surface area contributed by atoms with Crippen LogP contribution in [0.15, 0.2) is 0 Å². The van der Waals surface area contributed by atoms with Crippen molar-refractivity contribution in [2.75, 3.05) is 13.2 Å². The summed E-state index contributed by atoms with van der Waals surface area (Å²) in [5, 5.41) is 92.2. The summed E-state index contributed by atoms with van der Waals surface area (Å²) in [7, 11) is 0. The maximum atomic E-state index is 10.7. The van der Waals surface area contributed by atoms with Crippen molar-refractivity contribution in [3.05, 3.63) is 0 Å². The highest BCUT2D eigenvalue weighted by Gasteiger charge is 2.67. The molecule has 0 aromatic heterocycles. The summed E-state index contributed by atoms with van der Waals surface area (Å²) in [6, 6.07) is -3.85. The summed E-state index contributed by atoms with van der Waals surface area (Å²) in [5.41, 5.74) is 17.3. The summed E-state index contributed by atoms with van der Waals surface area (Å²) in [5.74, 6) is -2.53. The first kappa shape index (κ1) is 28.3. The predicted molar refractivity (Wildman–Crippen MR) is 111 cm³/mol. The number of fused-ring (bicyclic) bond motifs is 1. The number of aliphatic hydroxyl groups excluding tert-OH is 9. The number of hydrogen-bond donors (Lipinski definition) is 12. The molecule has 3 unspecified atom stereocenters. The minimum atomic E-state index is -2.53. The fourth-order valence-electron chi connectivity index (χ4n) is 4.99. The van der Waals surface area contributed by atoms with Crippen LogP contribution in [0, 0.1) is 0 Å². The molecular formula is C19H35N3O14. The largest absolute Gasteiger partial charge is 0.395 e. The van der Waals surface area contributed by atoms with Gasteiger partial charge < -0.3 is 86.8 Å². The van der Waals surface area contributed by atoms with Crippen LogP contribution in [0.3, 0.4) is 0 Å². The standard InChI is InChI=1S/C19H35N3O14/c20-3(1-23)13-11(29)12(30)17(31)19(34-13)35-15-7(25)4(2-24)32-18(16(15)36-19)33-14-9(27)5(21)8(26)6(22)10(14)28/h3-18,23-31H,1-2,20-22H2/t3-,4+,5-,6+,7-,8?,9+,10-,11+,12-,13+,14?,15-,16-,17+,18-,19?/m0/s1. The quantitative estimate of drug-likeness (QED) is 0.157. The monoisotopic (exact) mass is 529 g/mol. The van der Waals surface area contributed by atoms with Crippen molar-refractivity contribution in [2.24, 2.45) is 17.2 Å². The molecule has 17 heteroatoms. The Labute approximate surface area is 204 Å². The van der Waals surface area contributed by atoms with Crippen LogP contribution in [-0.4, -0.2) is 163 Å². The van der Waals surface area contributed by atoms with E-state index in [-0.39, 0.29) is 0 Å². The van der Waals surface area contributed by atoms with Gasteiger partial charge in [0.2, 0.25) is 0 Å². The van der Waals surface area contributed by atoms with Crippen molar-refractivity contribution in [1.29, 1.82) is 0 Å². The summed E-state index contributed by atoms with van der Waals surface area (Å²) in [6.45, 7) is -1.42. The molecule has 3 heterocycles. The number of aliphatic hydroxyl groups is 9. The fourth-order valence-corrected chi connectivity index (χ4v) is 4.99. The lowest BCUT2D eigenvalue weighted by Crippen LogP contribution is -2.71. The lowest BCUT2D eigenvalue weighted by atomic mass is 9.82. The van der Waals surface area contributed by atoms with Crippen LogP contribution >= 0.6 is 0 Å². The second kappa shape index (κ2) is 10.5. The van der Waals surface area contributed by atoms with E-state index in [4.69, 9.17) is 40.9 Å². The molecule has 15 N–H and O–H groups in total. The third kappa shape index (κ3) is 4.46. The molecule has 0 aromatic carbocycles. The smallest absolute Gasteiger partial charge is 0.314 e. The van der Waals surface area contributed by atoms with E-state index in [9.17, 15) is 46.0 Å². The van der Waals surface area contributed by atoms with E-state index < -0.39 is 117 Å². The highest BCUT2D eigenvalue weighted by molar-refractivity contribution is 5.06. The summed E-state index contributed by atoms with van der Waals surface area (Å²) in [6.07, 6.45) is -20.9. The molecule has 1 saturated carbocycles. The number of nitrogens with two attached hydrogens (primary N) is 3. The first-order valence-corrected chi connectivity index (χ1v) is 11.5. The average Bonchev–Trinajstić information content (AvgIpc) is 3.27. The Morgan fingerprint density at radius 1 is 0.750 bits per heavy atom. The molecule has 4 rings (SSSR count). The Morgan fingerprint density at radius 3 is 1.89 bits per heavy atom. The third-order valence-corrected chi connectivity index (χ3v) is 7.25. The van der Waals surface area contributed by atoms with Crippen molar-refractivity contribution in [2.45, 2.75) is 104 Å². The Balaban J connectivity index is 1.63. The molecule has 4 aliphatic rings. The lowest BCUT2D eigenvalue weighted by molar-refractivity contribution is -0.439. The first-order chi connectivity index (χ1) is 16.9. The molecule has 0 radical (unpaired) electrons. The van der Waals surface area contributed by atoms with Gasteiger partial charge in [-0.3, -0.25) is 0 Å². The van der Waals surface area contributed by atoms with Gasteiger partial charge in [0.05, 0.1) is 37.4 Å². The van der Waals surface area contributed by atoms with Gasteiger partial charge in [-0.05, 0) is 0 Å². The molecule has 210 valence electrons. The van der Waals surface area contributed by atoms with Crippen molar-refractivity contribution in [3.8, 4) is 0 Å². The molecule has 1 spiro atoms. The number of rotatable bonds is 5. The van der Waals surface area contributed by atoms with Gasteiger partial charge in [-0.15, -0.1) is 0 Å². The van der Waals surface area contributed by atoms with Crippen LogP contribution in [0.1, 0.15) is 0 Å². The van der Waals surface area contributed by atoms with E-state index in [0.717, 1.165) is 0 Å². The second-order valence-electron chi connectivity index (χ2n) is 9.57. The maximum Gasteiger partial charge on any atom is 0.314 e. The van der Waals surface area contributed by atoms with Gasteiger partial charge in [0.25, 0.3) is 0 Å². The minimum absolute atomic E-state index is 0.679. The molecule has 3 saturated heterocycles. The maximum absolute atomic E-state index is 10.7. The van der Waals surface area contributed by atoms with Crippen molar-refractivity contribution in [3.63, 3.8) is 0 Å². The molecule has 4 fully saturated rings. The van der Waals surface area contributed by atoms with Gasteiger partial charge in [-0.25, -0.2) is 0 Å². The van der Waals surface area contributed by atoms with Crippen molar-refractivity contribution >= 4 is 0 Å². The van der Waals surface area contributed by atoms with Crippen LogP contribution in [0.4, 0.5) is 0 Å². The fraction of sp³-hybridized carbons (Fsp3) is 1.00. The van der Waals surface area contributed by atoms with E-state index in [1.807, 2.05) is 0 Å². The molecule has 17 atom stereocenters. The Hall–Kier alpha value is -0.680. The van der Waals surface area contributed by atoms with Gasteiger partial charge in [0.15, 0.2) is 12.4 Å². The zero-order valence-corrected chi connectivity index (χ0v) is 19.0. The minimum Gasteiger partial charge on any atom is -0.395 e. The molecule has 1 aliphatic carbocycles. The van der Waals surface area contributed by atoms with Gasteiger partial charge in [-0.2, -0.15) is 0 Å². The zero-order chi connectivity index (χ0) is 26.7.